The summed E-state index contributed by atoms with van der Waals surface area (Å²) < 4.78 is 34.6. The van der Waals surface area contributed by atoms with E-state index >= 15 is 0 Å². The predicted molar refractivity (Wildman–Crippen MR) is 102 cm³/mol. The molecule has 2 aromatic rings. The number of pyridine rings is 1. The third-order valence-electron chi connectivity index (χ3n) is 5.19. The number of piperidine rings is 1. The maximum atomic E-state index is 14.7. The van der Waals surface area contributed by atoms with Crippen LogP contribution in [-0.4, -0.2) is 41.3 Å². The van der Waals surface area contributed by atoms with Crippen LogP contribution in [0.25, 0.3) is 0 Å². The number of hydrazine groups is 1. The molecule has 1 fully saturated rings. The second-order valence-electron chi connectivity index (χ2n) is 6.96. The SMILES string of the molecule is NCC1CCN(N2C=CN(c3ccc(Oc4ccccn4)c(F)c3F)C2)CC1. The molecule has 0 saturated carbocycles. The van der Waals surface area contributed by atoms with Crippen molar-refractivity contribution in [2.75, 3.05) is 31.2 Å². The molecule has 0 bridgehead atoms. The Balaban J connectivity index is 1.44. The lowest BCUT2D eigenvalue weighted by molar-refractivity contribution is -0.000262. The molecule has 0 amide bonds. The van der Waals surface area contributed by atoms with Gasteiger partial charge < -0.3 is 15.4 Å². The Morgan fingerprint density at radius 3 is 2.61 bits per heavy atom. The molecule has 6 nitrogen and oxygen atoms in total. The molecule has 28 heavy (non-hydrogen) atoms. The van der Waals surface area contributed by atoms with Gasteiger partial charge in [-0.3, -0.25) is 5.01 Å². The number of hydrogen-bond acceptors (Lipinski definition) is 6. The van der Waals surface area contributed by atoms with E-state index in [1.54, 1.807) is 29.3 Å². The van der Waals surface area contributed by atoms with E-state index in [-0.39, 0.29) is 17.3 Å². The Labute approximate surface area is 162 Å². The van der Waals surface area contributed by atoms with Gasteiger partial charge >= 0.3 is 0 Å². The van der Waals surface area contributed by atoms with E-state index in [1.165, 1.54) is 18.3 Å². The molecule has 2 aliphatic rings. The van der Waals surface area contributed by atoms with Gasteiger partial charge in [-0.2, -0.15) is 4.39 Å². The number of aromatic nitrogens is 1. The molecular formula is C20H23F2N5O. The van der Waals surface area contributed by atoms with Gasteiger partial charge in [-0.1, -0.05) is 6.07 Å². The van der Waals surface area contributed by atoms with Crippen molar-refractivity contribution >= 4 is 5.69 Å². The summed E-state index contributed by atoms with van der Waals surface area (Å²) in [5.74, 6) is -1.39. The second kappa shape index (κ2) is 8.12. The molecule has 2 aliphatic heterocycles. The van der Waals surface area contributed by atoms with Gasteiger partial charge in [0.1, 0.15) is 6.67 Å². The van der Waals surface area contributed by atoms with Gasteiger partial charge in [-0.05, 0) is 43.5 Å². The second-order valence-corrected chi connectivity index (χ2v) is 6.96. The minimum atomic E-state index is -1.03. The highest BCUT2D eigenvalue weighted by Crippen LogP contribution is 2.32. The average molecular weight is 387 g/mol. The number of nitrogens with zero attached hydrogens (tertiary/aromatic N) is 4. The highest BCUT2D eigenvalue weighted by Gasteiger charge is 2.27. The molecule has 1 aromatic carbocycles. The first-order valence-corrected chi connectivity index (χ1v) is 9.39. The normalized spacial score (nSPS) is 18.1. The largest absolute Gasteiger partial charge is 0.436 e. The molecule has 3 heterocycles. The topological polar surface area (TPSA) is 57.9 Å². The summed E-state index contributed by atoms with van der Waals surface area (Å²) in [4.78, 5) is 5.64. The van der Waals surface area contributed by atoms with Gasteiger partial charge in [0, 0.05) is 37.8 Å². The zero-order chi connectivity index (χ0) is 19.5. The van der Waals surface area contributed by atoms with E-state index in [9.17, 15) is 8.78 Å². The number of ether oxygens (including phenoxy) is 1. The summed E-state index contributed by atoms with van der Waals surface area (Å²) in [6, 6.07) is 7.96. The lowest BCUT2D eigenvalue weighted by Crippen LogP contribution is -2.46. The molecule has 0 unspecified atom stereocenters. The van der Waals surface area contributed by atoms with Crippen molar-refractivity contribution < 1.29 is 13.5 Å². The van der Waals surface area contributed by atoms with Crippen molar-refractivity contribution in [3.8, 4) is 11.6 Å². The van der Waals surface area contributed by atoms with Crippen LogP contribution < -0.4 is 15.4 Å². The average Bonchev–Trinajstić information content (AvgIpc) is 3.22. The van der Waals surface area contributed by atoms with Crippen LogP contribution in [-0.2, 0) is 0 Å². The molecule has 4 rings (SSSR count). The molecule has 8 heteroatoms. The first-order valence-electron chi connectivity index (χ1n) is 9.39. The van der Waals surface area contributed by atoms with Crippen LogP contribution in [0.2, 0.25) is 0 Å². The Morgan fingerprint density at radius 1 is 1.07 bits per heavy atom. The lowest BCUT2D eigenvalue weighted by Gasteiger charge is -2.38. The molecular weight excluding hydrogens is 364 g/mol. The number of halogens is 2. The number of nitrogens with two attached hydrogens (primary N) is 1. The summed E-state index contributed by atoms with van der Waals surface area (Å²) in [6.07, 6.45) is 7.26. The van der Waals surface area contributed by atoms with E-state index in [0.29, 0.717) is 19.1 Å². The van der Waals surface area contributed by atoms with Gasteiger partial charge in [0.2, 0.25) is 11.7 Å². The minimum Gasteiger partial charge on any atom is -0.436 e. The monoisotopic (exact) mass is 387 g/mol. The third kappa shape index (κ3) is 3.79. The Kier molecular flexibility index (Phi) is 5.40. The van der Waals surface area contributed by atoms with E-state index in [4.69, 9.17) is 10.5 Å². The summed E-state index contributed by atoms with van der Waals surface area (Å²) in [6.45, 7) is 2.97. The van der Waals surface area contributed by atoms with E-state index in [0.717, 1.165) is 25.9 Å². The Hall–Kier alpha value is -2.71. The summed E-state index contributed by atoms with van der Waals surface area (Å²) >= 11 is 0. The van der Waals surface area contributed by atoms with Crippen molar-refractivity contribution in [1.29, 1.82) is 0 Å². The number of anilines is 1. The summed E-state index contributed by atoms with van der Waals surface area (Å²) in [5.41, 5.74) is 5.91. The highest BCUT2D eigenvalue weighted by atomic mass is 19.2. The van der Waals surface area contributed by atoms with Crippen molar-refractivity contribution in [3.05, 3.63) is 60.6 Å². The van der Waals surface area contributed by atoms with Crippen molar-refractivity contribution in [1.82, 2.24) is 15.0 Å². The predicted octanol–water partition coefficient (Wildman–Crippen LogP) is 3.29. The zero-order valence-corrected chi connectivity index (χ0v) is 15.5. The van der Waals surface area contributed by atoms with Crippen molar-refractivity contribution in [2.24, 2.45) is 11.7 Å². The molecule has 0 atom stereocenters. The molecule has 0 aliphatic carbocycles. The maximum absolute atomic E-state index is 14.7. The van der Waals surface area contributed by atoms with Crippen LogP contribution in [0.1, 0.15) is 12.8 Å². The van der Waals surface area contributed by atoms with E-state index in [1.807, 2.05) is 11.2 Å². The van der Waals surface area contributed by atoms with E-state index in [2.05, 4.69) is 9.99 Å². The minimum absolute atomic E-state index is 0.168. The quantitative estimate of drug-likeness (QED) is 0.850. The first-order chi connectivity index (χ1) is 13.7. The molecule has 1 aromatic heterocycles. The van der Waals surface area contributed by atoms with Gasteiger partial charge in [0.05, 0.1) is 5.69 Å². The maximum Gasteiger partial charge on any atom is 0.219 e. The van der Waals surface area contributed by atoms with Crippen LogP contribution in [0, 0.1) is 17.6 Å². The zero-order valence-electron chi connectivity index (χ0n) is 15.5. The molecule has 1 saturated heterocycles. The van der Waals surface area contributed by atoms with Gasteiger partial charge in [0.25, 0.3) is 0 Å². The fourth-order valence-corrected chi connectivity index (χ4v) is 3.50. The molecule has 0 spiro atoms. The van der Waals surface area contributed by atoms with Gasteiger partial charge in [0.15, 0.2) is 11.6 Å². The van der Waals surface area contributed by atoms with E-state index < -0.39 is 11.6 Å². The molecule has 2 N–H and O–H groups in total. The highest BCUT2D eigenvalue weighted by molar-refractivity contribution is 5.54. The fraction of sp³-hybridized carbons (Fsp3) is 0.350. The Bertz CT molecular complexity index is 840. The van der Waals surface area contributed by atoms with Crippen LogP contribution in [0.4, 0.5) is 14.5 Å². The van der Waals surface area contributed by atoms with Crippen molar-refractivity contribution in [2.45, 2.75) is 12.8 Å². The van der Waals surface area contributed by atoms with Crippen LogP contribution in [0.5, 0.6) is 11.6 Å². The summed E-state index contributed by atoms with van der Waals surface area (Å²) in [5, 5.41) is 4.25. The number of rotatable bonds is 5. The summed E-state index contributed by atoms with van der Waals surface area (Å²) in [7, 11) is 0. The molecule has 148 valence electrons. The van der Waals surface area contributed by atoms with Gasteiger partial charge in [-0.25, -0.2) is 14.4 Å². The Morgan fingerprint density at radius 2 is 1.89 bits per heavy atom. The smallest absolute Gasteiger partial charge is 0.219 e. The van der Waals surface area contributed by atoms with Crippen LogP contribution in [0.15, 0.2) is 48.9 Å². The van der Waals surface area contributed by atoms with Gasteiger partial charge in [-0.15, -0.1) is 0 Å². The third-order valence-corrected chi connectivity index (χ3v) is 5.19. The number of benzene rings is 1. The number of hydrogen-bond donors (Lipinski definition) is 1. The lowest BCUT2D eigenvalue weighted by atomic mass is 9.98. The molecule has 0 radical (unpaired) electrons. The first kappa shape index (κ1) is 18.6. The standard InChI is InChI=1S/C20H23F2N5O/c21-19-16(4-5-17(20(19)22)28-18-3-1-2-8-24-18)25-11-12-27(14-25)26-9-6-15(13-23)7-10-26/h1-5,8,11-12,15H,6-7,9-10,13-14,23H2. The van der Waals surface area contributed by atoms with Crippen LogP contribution >= 0.6 is 0 Å². The van der Waals surface area contributed by atoms with Crippen LogP contribution in [0.3, 0.4) is 0 Å². The fourth-order valence-electron chi connectivity index (χ4n) is 3.50. The van der Waals surface area contributed by atoms with Crippen molar-refractivity contribution in [3.63, 3.8) is 0 Å².